The minimum absolute atomic E-state index is 0.454. The molecule has 1 atom stereocenters. The highest BCUT2D eigenvalue weighted by Gasteiger charge is 2.25. The van der Waals surface area contributed by atoms with Crippen LogP contribution in [0.25, 0.3) is 0 Å². The van der Waals surface area contributed by atoms with Crippen LogP contribution in [0, 0.1) is 0 Å². The zero-order valence-corrected chi connectivity index (χ0v) is 7.00. The number of likely N-dealkylation sites (N-methyl/N-ethyl adjacent to an activating group) is 1. The smallest absolute Gasteiger partial charge is 0.330 e. The Bertz CT molecular complexity index is 192. The first kappa shape index (κ1) is 7.53. The summed E-state index contributed by atoms with van der Waals surface area (Å²) in [5.41, 5.74) is 0. The number of hydrogen-bond donors (Lipinski definition) is 1. The third-order valence-corrected chi connectivity index (χ3v) is 2.12. The molecule has 0 aromatic rings. The highest BCUT2D eigenvalue weighted by molar-refractivity contribution is 9.18. The molecule has 4 nitrogen and oxygen atoms in total. The van der Waals surface area contributed by atoms with Gasteiger partial charge in [0.25, 0.3) is 0 Å². The average molecular weight is 207 g/mol. The summed E-state index contributed by atoms with van der Waals surface area (Å²) >= 11 is 3.12. The third kappa shape index (κ3) is 1.29. The van der Waals surface area contributed by atoms with Crippen molar-refractivity contribution < 1.29 is 9.90 Å². The van der Waals surface area contributed by atoms with Crippen LogP contribution in [0.1, 0.15) is 0 Å². The predicted molar refractivity (Wildman–Crippen MR) is 40.4 cm³/mol. The Morgan fingerprint density at radius 2 is 2.60 bits per heavy atom. The summed E-state index contributed by atoms with van der Waals surface area (Å²) in [4.78, 5) is 15.9. The fourth-order valence-corrected chi connectivity index (χ4v) is 1.13. The van der Waals surface area contributed by atoms with Crippen LogP contribution >= 0.6 is 15.9 Å². The molecule has 0 aromatic carbocycles. The van der Waals surface area contributed by atoms with Gasteiger partial charge in [-0.2, -0.15) is 0 Å². The second-order valence-electron chi connectivity index (χ2n) is 2.13. The van der Waals surface area contributed by atoms with E-state index in [4.69, 9.17) is 5.11 Å². The molecule has 0 saturated carbocycles. The largest absolute Gasteiger partial charge is 0.480 e. The second-order valence-corrected chi connectivity index (χ2v) is 2.84. The minimum Gasteiger partial charge on any atom is -0.480 e. The van der Waals surface area contributed by atoms with Crippen molar-refractivity contribution >= 4 is 26.6 Å². The van der Waals surface area contributed by atoms with Crippen molar-refractivity contribution in [3.63, 3.8) is 0 Å². The van der Waals surface area contributed by atoms with E-state index < -0.39 is 12.0 Å². The quantitative estimate of drug-likeness (QED) is 0.622. The Morgan fingerprint density at radius 3 is 2.80 bits per heavy atom. The number of carboxylic acids is 1. The number of amidine groups is 1. The van der Waals surface area contributed by atoms with Crippen molar-refractivity contribution in [3.05, 3.63) is 0 Å². The monoisotopic (exact) mass is 206 g/mol. The van der Waals surface area contributed by atoms with E-state index in [1.54, 1.807) is 11.9 Å². The number of aliphatic carboxylic acids is 1. The van der Waals surface area contributed by atoms with Crippen molar-refractivity contribution in [1.29, 1.82) is 0 Å². The Morgan fingerprint density at radius 1 is 2.00 bits per heavy atom. The molecule has 1 N–H and O–H groups in total. The van der Waals surface area contributed by atoms with E-state index in [-0.39, 0.29) is 0 Å². The number of carboxylic acid groups (broad SMARTS) is 1. The number of hydrogen-bond acceptors (Lipinski definition) is 3. The van der Waals surface area contributed by atoms with Gasteiger partial charge < -0.3 is 10.0 Å². The molecule has 0 bridgehead atoms. The highest BCUT2D eigenvalue weighted by Crippen LogP contribution is 2.10. The van der Waals surface area contributed by atoms with Crippen molar-refractivity contribution in [2.45, 2.75) is 6.04 Å². The van der Waals surface area contributed by atoms with Crippen LogP contribution in [-0.4, -0.2) is 40.4 Å². The standard InChI is InChI=1S/C5H7BrN2O2/c1-8-2-3(4(9)10)7-5(8)6/h3H,2H2,1H3,(H,9,10). The van der Waals surface area contributed by atoms with Gasteiger partial charge in [0.15, 0.2) is 10.8 Å². The molecule has 0 spiro atoms. The molecular formula is C5H7BrN2O2. The molecule has 56 valence electrons. The first-order valence-electron chi connectivity index (χ1n) is 2.78. The van der Waals surface area contributed by atoms with E-state index in [0.717, 1.165) is 0 Å². The van der Waals surface area contributed by atoms with Gasteiger partial charge in [0.1, 0.15) is 0 Å². The topological polar surface area (TPSA) is 52.9 Å². The molecule has 0 saturated heterocycles. The summed E-state index contributed by atoms with van der Waals surface area (Å²) in [6, 6.07) is -0.598. The molecule has 0 aromatic heterocycles. The lowest BCUT2D eigenvalue weighted by molar-refractivity contribution is -0.138. The molecule has 1 aliphatic rings. The summed E-state index contributed by atoms with van der Waals surface area (Å²) < 4.78 is 0.611. The van der Waals surface area contributed by atoms with Crippen molar-refractivity contribution in [1.82, 2.24) is 4.90 Å². The summed E-state index contributed by atoms with van der Waals surface area (Å²) in [6.07, 6.45) is 0. The van der Waals surface area contributed by atoms with Gasteiger partial charge in [-0.3, -0.25) is 0 Å². The van der Waals surface area contributed by atoms with Gasteiger partial charge in [0.2, 0.25) is 0 Å². The van der Waals surface area contributed by atoms with Gasteiger partial charge in [-0.15, -0.1) is 0 Å². The van der Waals surface area contributed by atoms with Crippen molar-refractivity contribution in [3.8, 4) is 0 Å². The lowest BCUT2D eigenvalue weighted by Crippen LogP contribution is -2.26. The van der Waals surface area contributed by atoms with Crippen LogP contribution < -0.4 is 0 Å². The van der Waals surface area contributed by atoms with Crippen LogP contribution in [0.2, 0.25) is 0 Å². The van der Waals surface area contributed by atoms with Crippen molar-refractivity contribution in [2.75, 3.05) is 13.6 Å². The average Bonchev–Trinajstić information content (AvgIpc) is 2.13. The van der Waals surface area contributed by atoms with Crippen molar-refractivity contribution in [2.24, 2.45) is 4.99 Å². The van der Waals surface area contributed by atoms with Gasteiger partial charge in [-0.05, 0) is 15.9 Å². The summed E-state index contributed by atoms with van der Waals surface area (Å²) in [5.74, 6) is -0.874. The van der Waals surface area contributed by atoms with Gasteiger partial charge in [0, 0.05) is 7.05 Å². The highest BCUT2D eigenvalue weighted by atomic mass is 79.9. The third-order valence-electron chi connectivity index (χ3n) is 1.31. The lowest BCUT2D eigenvalue weighted by Gasteiger charge is -2.07. The molecule has 1 unspecified atom stereocenters. The predicted octanol–water partition coefficient (Wildman–Crippen LogP) is 0.136. The Balaban J connectivity index is 2.65. The zero-order valence-electron chi connectivity index (χ0n) is 5.41. The molecule has 0 radical (unpaired) electrons. The SMILES string of the molecule is CN1CC(C(=O)O)N=C1Br. The van der Waals surface area contributed by atoms with Crippen LogP contribution in [0.3, 0.4) is 0 Å². The summed E-state index contributed by atoms with van der Waals surface area (Å²) in [7, 11) is 1.79. The maximum atomic E-state index is 10.3. The molecule has 5 heteroatoms. The summed E-state index contributed by atoms with van der Waals surface area (Å²) in [5, 5.41) is 8.49. The minimum atomic E-state index is -0.874. The molecule has 10 heavy (non-hydrogen) atoms. The number of nitrogens with zero attached hydrogens (tertiary/aromatic N) is 2. The van der Waals surface area contributed by atoms with E-state index in [0.29, 0.717) is 11.3 Å². The fourth-order valence-electron chi connectivity index (χ4n) is 0.736. The van der Waals surface area contributed by atoms with E-state index in [1.807, 2.05) is 0 Å². The molecule has 1 heterocycles. The summed E-state index contributed by atoms with van der Waals surface area (Å²) in [6.45, 7) is 0.454. The van der Waals surface area contributed by atoms with E-state index in [2.05, 4.69) is 20.9 Å². The van der Waals surface area contributed by atoms with E-state index >= 15 is 0 Å². The molecule has 1 aliphatic heterocycles. The zero-order chi connectivity index (χ0) is 7.72. The van der Waals surface area contributed by atoms with Crippen LogP contribution in [-0.2, 0) is 4.79 Å². The lowest BCUT2D eigenvalue weighted by atomic mass is 10.3. The number of halogens is 1. The Kier molecular flexibility index (Phi) is 1.94. The van der Waals surface area contributed by atoms with Crippen LogP contribution in [0.5, 0.6) is 0 Å². The number of carbonyl (C=O) groups is 1. The molecule has 0 fully saturated rings. The van der Waals surface area contributed by atoms with E-state index in [9.17, 15) is 4.79 Å². The fraction of sp³-hybridized carbons (Fsp3) is 0.600. The number of rotatable bonds is 1. The molecular weight excluding hydrogens is 200 g/mol. The molecule has 0 aliphatic carbocycles. The van der Waals surface area contributed by atoms with Crippen LogP contribution in [0.15, 0.2) is 4.99 Å². The Hall–Kier alpha value is -0.580. The second kappa shape index (κ2) is 2.57. The number of aliphatic imine (C=N–C) groups is 1. The molecule has 1 rings (SSSR count). The maximum absolute atomic E-state index is 10.3. The Labute approximate surface area is 66.7 Å². The van der Waals surface area contributed by atoms with Crippen LogP contribution in [0.4, 0.5) is 0 Å². The maximum Gasteiger partial charge on any atom is 0.330 e. The first-order chi connectivity index (χ1) is 4.61. The first-order valence-corrected chi connectivity index (χ1v) is 3.58. The normalized spacial score (nSPS) is 24.8. The van der Waals surface area contributed by atoms with Gasteiger partial charge in [-0.1, -0.05) is 0 Å². The van der Waals surface area contributed by atoms with E-state index in [1.165, 1.54) is 0 Å². The molecule has 0 amide bonds. The van der Waals surface area contributed by atoms with Gasteiger partial charge >= 0.3 is 5.97 Å². The van der Waals surface area contributed by atoms with Gasteiger partial charge in [-0.25, -0.2) is 9.79 Å². The van der Waals surface area contributed by atoms with Gasteiger partial charge in [0.05, 0.1) is 6.54 Å².